The van der Waals surface area contributed by atoms with E-state index in [0.717, 1.165) is 35.3 Å². The number of phenolic OH excluding ortho intramolecular Hbond substituents is 2. The summed E-state index contributed by atoms with van der Waals surface area (Å²) >= 11 is 0. The third-order valence-corrected chi connectivity index (χ3v) is 4.50. The van der Waals surface area contributed by atoms with E-state index in [1.165, 1.54) is 0 Å². The minimum absolute atomic E-state index is 0.0965. The van der Waals surface area contributed by atoms with Gasteiger partial charge in [-0.15, -0.1) is 0 Å². The van der Waals surface area contributed by atoms with Gasteiger partial charge in [0.1, 0.15) is 23.4 Å². The molecule has 128 valence electrons. The van der Waals surface area contributed by atoms with Crippen LogP contribution in [-0.2, 0) is 12.8 Å². The standard InChI is InChI=1S/C20H24O4/c1-20(2,23)12-11-16-17(22)9-5-14-6-10-18(24-19(14)16)13-3-7-15(21)8-4-13/h3-5,7-9,18,21-23H,6,10-12H2,1-2H3/t18-/m0/s1. The maximum atomic E-state index is 10.3. The van der Waals surface area contributed by atoms with Gasteiger partial charge >= 0.3 is 0 Å². The van der Waals surface area contributed by atoms with Gasteiger partial charge in [0.15, 0.2) is 0 Å². The molecule has 3 rings (SSSR count). The number of aliphatic hydroxyl groups is 1. The van der Waals surface area contributed by atoms with Crippen LogP contribution in [0.2, 0.25) is 0 Å². The molecule has 2 aromatic rings. The monoisotopic (exact) mass is 328 g/mol. The molecule has 0 spiro atoms. The Morgan fingerprint density at radius 1 is 1.08 bits per heavy atom. The number of fused-ring (bicyclic) bond motifs is 1. The van der Waals surface area contributed by atoms with Crippen LogP contribution in [0.15, 0.2) is 36.4 Å². The molecule has 2 aromatic carbocycles. The van der Waals surface area contributed by atoms with Crippen LogP contribution in [0, 0.1) is 0 Å². The molecule has 0 saturated carbocycles. The molecule has 4 nitrogen and oxygen atoms in total. The lowest BCUT2D eigenvalue weighted by atomic mass is 9.92. The number of ether oxygens (including phenoxy) is 1. The van der Waals surface area contributed by atoms with Crippen LogP contribution >= 0.6 is 0 Å². The zero-order valence-corrected chi connectivity index (χ0v) is 14.1. The summed E-state index contributed by atoms with van der Waals surface area (Å²) in [7, 11) is 0. The van der Waals surface area contributed by atoms with E-state index >= 15 is 0 Å². The number of rotatable bonds is 4. The van der Waals surface area contributed by atoms with E-state index in [1.54, 1.807) is 32.0 Å². The number of aromatic hydroxyl groups is 2. The van der Waals surface area contributed by atoms with Crippen molar-refractivity contribution >= 4 is 0 Å². The molecule has 0 fully saturated rings. The fourth-order valence-corrected chi connectivity index (χ4v) is 3.09. The lowest BCUT2D eigenvalue weighted by Gasteiger charge is -2.29. The average molecular weight is 328 g/mol. The van der Waals surface area contributed by atoms with Crippen molar-refractivity contribution in [3.05, 3.63) is 53.1 Å². The van der Waals surface area contributed by atoms with Crippen LogP contribution in [0.1, 0.15) is 49.5 Å². The van der Waals surface area contributed by atoms with Gasteiger partial charge in [0.25, 0.3) is 0 Å². The Bertz CT molecular complexity index is 714. The van der Waals surface area contributed by atoms with E-state index < -0.39 is 5.60 Å². The fourth-order valence-electron chi connectivity index (χ4n) is 3.09. The molecule has 0 aliphatic carbocycles. The van der Waals surface area contributed by atoms with Gasteiger partial charge in [0, 0.05) is 5.56 Å². The van der Waals surface area contributed by atoms with Gasteiger partial charge < -0.3 is 20.1 Å². The molecule has 0 bridgehead atoms. The lowest BCUT2D eigenvalue weighted by molar-refractivity contribution is 0.0707. The first-order valence-corrected chi connectivity index (χ1v) is 8.35. The molecule has 0 saturated heterocycles. The van der Waals surface area contributed by atoms with Gasteiger partial charge in [-0.1, -0.05) is 18.2 Å². The Morgan fingerprint density at radius 2 is 1.79 bits per heavy atom. The van der Waals surface area contributed by atoms with Gasteiger partial charge in [0.2, 0.25) is 0 Å². The third kappa shape index (κ3) is 3.65. The summed E-state index contributed by atoms with van der Waals surface area (Å²) in [6, 6.07) is 10.7. The lowest BCUT2D eigenvalue weighted by Crippen LogP contribution is -2.21. The highest BCUT2D eigenvalue weighted by Gasteiger charge is 2.26. The molecule has 1 atom stereocenters. The Balaban J connectivity index is 1.88. The van der Waals surface area contributed by atoms with Gasteiger partial charge in [-0.3, -0.25) is 0 Å². The van der Waals surface area contributed by atoms with E-state index in [4.69, 9.17) is 4.74 Å². The van der Waals surface area contributed by atoms with Crippen molar-refractivity contribution in [2.24, 2.45) is 0 Å². The Hall–Kier alpha value is -2.20. The molecular formula is C20H24O4. The van der Waals surface area contributed by atoms with Crippen LogP contribution < -0.4 is 4.74 Å². The number of hydrogen-bond donors (Lipinski definition) is 3. The van der Waals surface area contributed by atoms with E-state index in [2.05, 4.69) is 0 Å². The number of aryl methyl sites for hydroxylation is 1. The van der Waals surface area contributed by atoms with Crippen molar-refractivity contribution in [1.29, 1.82) is 0 Å². The molecule has 0 unspecified atom stereocenters. The zero-order valence-electron chi connectivity index (χ0n) is 14.1. The quantitative estimate of drug-likeness (QED) is 0.797. The first kappa shape index (κ1) is 16.7. The largest absolute Gasteiger partial charge is 0.508 e. The molecular weight excluding hydrogens is 304 g/mol. The van der Waals surface area contributed by atoms with Gasteiger partial charge in [0.05, 0.1) is 5.60 Å². The van der Waals surface area contributed by atoms with E-state index in [-0.39, 0.29) is 17.6 Å². The van der Waals surface area contributed by atoms with E-state index in [0.29, 0.717) is 12.8 Å². The SMILES string of the molecule is CC(C)(O)CCc1c(O)ccc2c1O[C@H](c1ccc(O)cc1)CC2. The molecule has 24 heavy (non-hydrogen) atoms. The van der Waals surface area contributed by atoms with Crippen molar-refractivity contribution in [1.82, 2.24) is 0 Å². The number of benzene rings is 2. The molecule has 1 aliphatic rings. The predicted molar refractivity (Wildman–Crippen MR) is 92.5 cm³/mol. The molecule has 0 aromatic heterocycles. The summed E-state index contributed by atoms with van der Waals surface area (Å²) in [5.41, 5.74) is 2.07. The van der Waals surface area contributed by atoms with Crippen molar-refractivity contribution in [2.75, 3.05) is 0 Å². The molecule has 3 N–H and O–H groups in total. The smallest absolute Gasteiger partial charge is 0.130 e. The Labute approximate surface area is 142 Å². The Morgan fingerprint density at radius 3 is 2.46 bits per heavy atom. The second kappa shape index (κ2) is 6.36. The van der Waals surface area contributed by atoms with Gasteiger partial charge in [-0.2, -0.15) is 0 Å². The van der Waals surface area contributed by atoms with E-state index in [1.807, 2.05) is 18.2 Å². The molecule has 0 radical (unpaired) electrons. The summed E-state index contributed by atoms with van der Waals surface area (Å²) in [6.45, 7) is 3.53. The summed E-state index contributed by atoms with van der Waals surface area (Å²) < 4.78 is 6.21. The molecule has 4 heteroatoms. The third-order valence-electron chi connectivity index (χ3n) is 4.50. The highest BCUT2D eigenvalue weighted by Crippen LogP contribution is 2.41. The van der Waals surface area contributed by atoms with Crippen LogP contribution in [0.4, 0.5) is 0 Å². The van der Waals surface area contributed by atoms with E-state index in [9.17, 15) is 15.3 Å². The predicted octanol–water partition coefficient (Wildman–Crippen LogP) is 3.87. The highest BCUT2D eigenvalue weighted by atomic mass is 16.5. The second-order valence-electron chi connectivity index (χ2n) is 7.10. The summed E-state index contributed by atoms with van der Waals surface area (Å²) in [5.74, 6) is 1.19. The minimum atomic E-state index is -0.791. The fraction of sp³-hybridized carbons (Fsp3) is 0.400. The van der Waals surface area contributed by atoms with Crippen LogP contribution in [0.5, 0.6) is 17.2 Å². The van der Waals surface area contributed by atoms with Gasteiger partial charge in [-0.25, -0.2) is 0 Å². The molecule has 1 heterocycles. The van der Waals surface area contributed by atoms with Crippen molar-refractivity contribution in [2.45, 2.75) is 51.2 Å². The highest BCUT2D eigenvalue weighted by molar-refractivity contribution is 5.51. The van der Waals surface area contributed by atoms with Crippen LogP contribution in [0.3, 0.4) is 0 Å². The first-order valence-electron chi connectivity index (χ1n) is 8.35. The van der Waals surface area contributed by atoms with Crippen LogP contribution in [0.25, 0.3) is 0 Å². The Kier molecular flexibility index (Phi) is 4.41. The summed E-state index contributed by atoms with van der Waals surface area (Å²) in [4.78, 5) is 0. The molecule has 0 amide bonds. The van der Waals surface area contributed by atoms with Crippen LogP contribution in [-0.4, -0.2) is 20.9 Å². The summed E-state index contributed by atoms with van der Waals surface area (Å²) in [6.07, 6.45) is 2.73. The second-order valence-corrected chi connectivity index (χ2v) is 7.10. The minimum Gasteiger partial charge on any atom is -0.508 e. The van der Waals surface area contributed by atoms with Crippen molar-refractivity contribution < 1.29 is 20.1 Å². The zero-order chi connectivity index (χ0) is 17.3. The normalized spacial score (nSPS) is 17.2. The summed E-state index contributed by atoms with van der Waals surface area (Å²) in [5, 5.41) is 29.7. The average Bonchev–Trinajstić information content (AvgIpc) is 2.53. The maximum Gasteiger partial charge on any atom is 0.130 e. The van der Waals surface area contributed by atoms with Crippen molar-refractivity contribution in [3.63, 3.8) is 0 Å². The van der Waals surface area contributed by atoms with Crippen molar-refractivity contribution in [3.8, 4) is 17.2 Å². The number of hydrogen-bond acceptors (Lipinski definition) is 4. The topological polar surface area (TPSA) is 69.9 Å². The number of phenols is 2. The maximum absolute atomic E-state index is 10.3. The first-order chi connectivity index (χ1) is 11.3. The molecule has 1 aliphatic heterocycles. The van der Waals surface area contributed by atoms with Gasteiger partial charge in [-0.05, 0) is 68.9 Å².